The average molecular weight is 397 g/mol. The topological polar surface area (TPSA) is 62.6 Å². The van der Waals surface area contributed by atoms with Crippen LogP contribution in [0, 0.1) is 17.2 Å². The highest BCUT2D eigenvalue weighted by Gasteiger charge is 2.37. The van der Waals surface area contributed by atoms with Crippen molar-refractivity contribution in [3.05, 3.63) is 33.8 Å². The van der Waals surface area contributed by atoms with Gasteiger partial charge in [0, 0.05) is 35.3 Å². The maximum absolute atomic E-state index is 12.8. The van der Waals surface area contributed by atoms with Gasteiger partial charge in [0.25, 0.3) is 0 Å². The quantitative estimate of drug-likeness (QED) is 0.568. The van der Waals surface area contributed by atoms with Crippen LogP contribution >= 0.6 is 23.2 Å². The Kier molecular flexibility index (Phi) is 6.77. The van der Waals surface area contributed by atoms with E-state index in [9.17, 15) is 4.79 Å². The van der Waals surface area contributed by atoms with Crippen LogP contribution in [0.4, 0.5) is 0 Å². The summed E-state index contributed by atoms with van der Waals surface area (Å²) in [6, 6.07) is 7.41. The van der Waals surface area contributed by atoms with Crippen LogP contribution in [-0.4, -0.2) is 43.2 Å². The molecule has 2 aliphatic heterocycles. The van der Waals surface area contributed by atoms with Crippen molar-refractivity contribution in [2.75, 3.05) is 26.2 Å². The third kappa shape index (κ3) is 4.69. The summed E-state index contributed by atoms with van der Waals surface area (Å²) in [4.78, 5) is 14.9. The number of benzene rings is 1. The molecule has 1 aromatic rings. The highest BCUT2D eigenvalue weighted by atomic mass is 35.5. The fourth-order valence-electron chi connectivity index (χ4n) is 3.60. The molecule has 2 saturated heterocycles. The Balaban J connectivity index is 1.64. The number of esters is 1. The molecule has 2 fully saturated rings. The third-order valence-electron chi connectivity index (χ3n) is 5.01. The predicted octanol–water partition coefficient (Wildman–Crippen LogP) is 3.99. The smallest absolute Gasteiger partial charge is 0.312 e. The second kappa shape index (κ2) is 9.05. The van der Waals surface area contributed by atoms with E-state index in [1.165, 1.54) is 0 Å². The number of ether oxygens (including phenoxy) is 2. The summed E-state index contributed by atoms with van der Waals surface area (Å²) in [6.45, 7) is 2.58. The Morgan fingerprint density at radius 1 is 1.31 bits per heavy atom. The zero-order valence-electron chi connectivity index (χ0n) is 14.5. The van der Waals surface area contributed by atoms with E-state index < -0.39 is 6.10 Å². The molecule has 0 saturated carbocycles. The molecule has 140 valence electrons. The molecule has 2 heterocycles. The lowest BCUT2D eigenvalue weighted by molar-refractivity contribution is -0.166. The van der Waals surface area contributed by atoms with Crippen LogP contribution in [-0.2, 0) is 14.3 Å². The van der Waals surface area contributed by atoms with Gasteiger partial charge in [-0.3, -0.25) is 9.69 Å². The number of carbonyl (C=O) groups excluding carboxylic acids is 1. The van der Waals surface area contributed by atoms with Crippen molar-refractivity contribution < 1.29 is 14.3 Å². The first-order valence-electron chi connectivity index (χ1n) is 8.95. The lowest BCUT2D eigenvalue weighted by Crippen LogP contribution is -2.40. The summed E-state index contributed by atoms with van der Waals surface area (Å²) in [5.41, 5.74) is 0.779. The number of piperidine rings is 1. The molecule has 0 N–H and O–H groups in total. The summed E-state index contributed by atoms with van der Waals surface area (Å²) in [5, 5.41) is 9.83. The Morgan fingerprint density at radius 2 is 2.08 bits per heavy atom. The van der Waals surface area contributed by atoms with Crippen LogP contribution < -0.4 is 0 Å². The number of hydrogen-bond donors (Lipinski definition) is 0. The molecule has 0 spiro atoms. The van der Waals surface area contributed by atoms with Crippen molar-refractivity contribution in [2.45, 2.75) is 37.9 Å². The number of nitrogens with zero attached hydrogens (tertiary/aromatic N) is 2. The molecule has 0 amide bonds. The van der Waals surface area contributed by atoms with Crippen LogP contribution in [0.5, 0.6) is 0 Å². The minimum absolute atomic E-state index is 0.0966. The van der Waals surface area contributed by atoms with E-state index >= 15 is 0 Å². The van der Waals surface area contributed by atoms with E-state index in [1.54, 1.807) is 12.1 Å². The van der Waals surface area contributed by atoms with Crippen LogP contribution in [0.25, 0.3) is 0 Å². The zero-order valence-corrected chi connectivity index (χ0v) is 16.0. The lowest BCUT2D eigenvalue weighted by Gasteiger charge is -2.34. The Bertz CT molecular complexity index is 684. The van der Waals surface area contributed by atoms with Crippen molar-refractivity contribution in [1.29, 1.82) is 5.26 Å². The van der Waals surface area contributed by atoms with Gasteiger partial charge in [0.15, 0.2) is 0 Å². The van der Waals surface area contributed by atoms with Gasteiger partial charge in [-0.15, -0.1) is 0 Å². The minimum Gasteiger partial charge on any atom is -0.462 e. The number of halogens is 2. The number of nitriles is 1. The van der Waals surface area contributed by atoms with Crippen LogP contribution in [0.1, 0.15) is 37.4 Å². The maximum atomic E-state index is 12.8. The number of rotatable bonds is 4. The average Bonchev–Trinajstić information content (AvgIpc) is 2.64. The molecule has 0 bridgehead atoms. The van der Waals surface area contributed by atoms with Crippen LogP contribution in [0.2, 0.25) is 10.0 Å². The first-order chi connectivity index (χ1) is 12.6. The molecule has 2 unspecified atom stereocenters. The van der Waals surface area contributed by atoms with Gasteiger partial charge in [0.1, 0.15) is 6.10 Å². The Morgan fingerprint density at radius 3 is 2.77 bits per heavy atom. The van der Waals surface area contributed by atoms with Gasteiger partial charge in [-0.2, -0.15) is 5.26 Å². The van der Waals surface area contributed by atoms with E-state index in [0.29, 0.717) is 23.2 Å². The highest BCUT2D eigenvalue weighted by Crippen LogP contribution is 2.39. The Labute approximate surface area is 163 Å². The SMILES string of the molecule is N#CCN1CCC(OC(=O)C2CCCOC2c2ccc(Cl)cc2Cl)CC1. The minimum atomic E-state index is -0.403. The van der Waals surface area contributed by atoms with E-state index in [4.69, 9.17) is 37.9 Å². The second-order valence-corrected chi connectivity index (χ2v) is 7.62. The molecule has 7 heteroatoms. The van der Waals surface area contributed by atoms with Crippen LogP contribution in [0.15, 0.2) is 18.2 Å². The van der Waals surface area contributed by atoms with Gasteiger partial charge in [-0.05, 0) is 37.8 Å². The zero-order chi connectivity index (χ0) is 18.5. The summed E-state index contributed by atoms with van der Waals surface area (Å²) in [5.74, 6) is -0.584. The molecule has 0 radical (unpaired) electrons. The van der Waals surface area contributed by atoms with Crippen LogP contribution in [0.3, 0.4) is 0 Å². The van der Waals surface area contributed by atoms with E-state index in [2.05, 4.69) is 11.0 Å². The fraction of sp³-hybridized carbons (Fsp3) is 0.579. The summed E-state index contributed by atoms with van der Waals surface area (Å²) < 4.78 is 11.7. The first-order valence-corrected chi connectivity index (χ1v) is 9.70. The Hall–Kier alpha value is -1.32. The highest BCUT2D eigenvalue weighted by molar-refractivity contribution is 6.35. The standard InChI is InChI=1S/C19H22Cl2N2O3/c20-13-3-4-15(17(21)12-13)18-16(2-1-11-25-18)19(24)26-14-5-8-23(9-6-14)10-7-22/h3-4,12,14,16,18H,1-2,5-6,8-11H2. The van der Waals surface area contributed by atoms with E-state index in [-0.39, 0.29) is 18.0 Å². The molecule has 26 heavy (non-hydrogen) atoms. The largest absolute Gasteiger partial charge is 0.462 e. The molecule has 0 aliphatic carbocycles. The number of likely N-dealkylation sites (tertiary alicyclic amines) is 1. The molecule has 2 atom stereocenters. The fourth-order valence-corrected chi connectivity index (χ4v) is 4.11. The van der Waals surface area contributed by atoms with Gasteiger partial charge < -0.3 is 9.47 Å². The molecule has 0 aromatic heterocycles. The predicted molar refractivity (Wildman–Crippen MR) is 99.0 cm³/mol. The maximum Gasteiger partial charge on any atom is 0.312 e. The normalized spacial score (nSPS) is 24.8. The molecule has 3 rings (SSSR count). The second-order valence-electron chi connectivity index (χ2n) is 6.78. The molecule has 1 aromatic carbocycles. The van der Waals surface area contributed by atoms with Gasteiger partial charge in [0.2, 0.25) is 0 Å². The van der Waals surface area contributed by atoms with Crippen molar-refractivity contribution in [3.63, 3.8) is 0 Å². The molecular weight excluding hydrogens is 375 g/mol. The van der Waals surface area contributed by atoms with E-state index in [1.807, 2.05) is 6.07 Å². The van der Waals surface area contributed by atoms with E-state index in [0.717, 1.165) is 44.3 Å². The number of carbonyl (C=O) groups is 1. The van der Waals surface area contributed by atoms with Gasteiger partial charge in [-0.25, -0.2) is 0 Å². The lowest BCUT2D eigenvalue weighted by atomic mass is 9.89. The summed E-state index contributed by atoms with van der Waals surface area (Å²) in [7, 11) is 0. The number of hydrogen-bond acceptors (Lipinski definition) is 5. The summed E-state index contributed by atoms with van der Waals surface area (Å²) >= 11 is 12.3. The van der Waals surface area contributed by atoms with Gasteiger partial charge in [-0.1, -0.05) is 29.3 Å². The molecule has 5 nitrogen and oxygen atoms in total. The third-order valence-corrected chi connectivity index (χ3v) is 5.57. The van der Waals surface area contributed by atoms with Crippen molar-refractivity contribution in [2.24, 2.45) is 5.92 Å². The van der Waals surface area contributed by atoms with Crippen molar-refractivity contribution in [3.8, 4) is 6.07 Å². The monoisotopic (exact) mass is 396 g/mol. The van der Waals surface area contributed by atoms with Crippen molar-refractivity contribution >= 4 is 29.2 Å². The van der Waals surface area contributed by atoms with Gasteiger partial charge >= 0.3 is 5.97 Å². The molecule has 2 aliphatic rings. The summed E-state index contributed by atoms with van der Waals surface area (Å²) in [6.07, 6.45) is 2.55. The molecular formula is C19H22Cl2N2O3. The van der Waals surface area contributed by atoms with Gasteiger partial charge in [0.05, 0.1) is 24.6 Å². The van der Waals surface area contributed by atoms with Crippen molar-refractivity contribution in [1.82, 2.24) is 4.90 Å². The first kappa shape index (κ1) is 19.4.